The van der Waals surface area contributed by atoms with Crippen molar-refractivity contribution in [3.05, 3.63) is 30.1 Å². The lowest BCUT2D eigenvalue weighted by Gasteiger charge is -2.37. The smallest absolute Gasteiger partial charge is 0.139 e. The van der Waals surface area contributed by atoms with Crippen LogP contribution in [0.25, 0.3) is 10.9 Å². The molecule has 128 valence electrons. The summed E-state index contributed by atoms with van der Waals surface area (Å²) in [6.45, 7) is 9.42. The van der Waals surface area contributed by atoms with Crippen LogP contribution in [0.5, 0.6) is 0 Å². The van der Waals surface area contributed by atoms with Gasteiger partial charge in [-0.1, -0.05) is 11.6 Å². The van der Waals surface area contributed by atoms with Crippen LogP contribution in [0.3, 0.4) is 0 Å². The minimum Gasteiger partial charge on any atom is -0.379 e. The van der Waals surface area contributed by atoms with Gasteiger partial charge in [0.25, 0.3) is 0 Å². The molecule has 0 aliphatic carbocycles. The molecule has 5 heteroatoms. The third-order valence-electron chi connectivity index (χ3n) is 5.21. The molecule has 0 radical (unpaired) electrons. The van der Waals surface area contributed by atoms with Crippen molar-refractivity contribution in [1.82, 2.24) is 14.9 Å². The Morgan fingerprint density at radius 1 is 1.17 bits per heavy atom. The van der Waals surface area contributed by atoms with E-state index in [4.69, 9.17) is 4.74 Å². The Morgan fingerprint density at radius 2 is 2.04 bits per heavy atom. The van der Waals surface area contributed by atoms with E-state index in [1.807, 2.05) is 0 Å². The Morgan fingerprint density at radius 3 is 2.92 bits per heavy atom. The number of aromatic nitrogens is 2. The van der Waals surface area contributed by atoms with Crippen molar-refractivity contribution in [2.24, 2.45) is 5.92 Å². The van der Waals surface area contributed by atoms with Gasteiger partial charge in [-0.25, -0.2) is 9.97 Å². The molecule has 2 fully saturated rings. The molecule has 4 rings (SSSR count). The van der Waals surface area contributed by atoms with Gasteiger partial charge in [0.1, 0.15) is 12.1 Å². The molecule has 5 nitrogen and oxygen atoms in total. The van der Waals surface area contributed by atoms with Gasteiger partial charge in [-0.3, -0.25) is 4.90 Å². The van der Waals surface area contributed by atoms with Gasteiger partial charge in [0.2, 0.25) is 0 Å². The maximum atomic E-state index is 5.47. The Kier molecular flexibility index (Phi) is 4.63. The summed E-state index contributed by atoms with van der Waals surface area (Å²) < 4.78 is 5.47. The normalized spacial score (nSPS) is 22.9. The Bertz CT molecular complexity index is 699. The van der Waals surface area contributed by atoms with E-state index in [-0.39, 0.29) is 0 Å². The number of hydrogen-bond acceptors (Lipinski definition) is 5. The molecule has 2 aliphatic heterocycles. The zero-order valence-corrected chi connectivity index (χ0v) is 14.4. The van der Waals surface area contributed by atoms with E-state index < -0.39 is 0 Å². The van der Waals surface area contributed by atoms with Crippen LogP contribution in [0.15, 0.2) is 24.5 Å². The van der Waals surface area contributed by atoms with Gasteiger partial charge in [-0.05, 0) is 37.8 Å². The highest BCUT2D eigenvalue weighted by molar-refractivity contribution is 5.89. The molecule has 1 unspecified atom stereocenters. The largest absolute Gasteiger partial charge is 0.379 e. The number of hydrogen-bond donors (Lipinski definition) is 0. The molecular formula is C19H26N4O. The van der Waals surface area contributed by atoms with Crippen molar-refractivity contribution in [2.75, 3.05) is 50.8 Å². The molecule has 0 amide bonds. The minimum absolute atomic E-state index is 0.715. The van der Waals surface area contributed by atoms with Crippen molar-refractivity contribution < 1.29 is 4.74 Å². The third-order valence-corrected chi connectivity index (χ3v) is 5.21. The summed E-state index contributed by atoms with van der Waals surface area (Å²) in [5, 5.41) is 1.18. The van der Waals surface area contributed by atoms with Crippen molar-refractivity contribution in [3.8, 4) is 0 Å². The van der Waals surface area contributed by atoms with Gasteiger partial charge in [0, 0.05) is 38.1 Å². The standard InChI is InChI=1S/C19H26N4O/c1-15-4-5-18-17(11-15)19(21-14-20-18)23-6-2-3-16(13-23)12-22-7-9-24-10-8-22/h4-5,11,14,16H,2-3,6-10,12-13H2,1H3. The van der Waals surface area contributed by atoms with E-state index >= 15 is 0 Å². The van der Waals surface area contributed by atoms with E-state index in [2.05, 4.69) is 44.9 Å². The Hall–Kier alpha value is -1.72. The molecule has 0 bridgehead atoms. The van der Waals surface area contributed by atoms with E-state index in [1.54, 1.807) is 6.33 Å². The zero-order chi connectivity index (χ0) is 16.4. The van der Waals surface area contributed by atoms with Crippen LogP contribution in [0.1, 0.15) is 18.4 Å². The summed E-state index contributed by atoms with van der Waals surface area (Å²) in [6, 6.07) is 6.44. The number of rotatable bonds is 3. The molecule has 1 atom stereocenters. The highest BCUT2D eigenvalue weighted by Crippen LogP contribution is 2.28. The topological polar surface area (TPSA) is 41.5 Å². The van der Waals surface area contributed by atoms with E-state index in [0.717, 1.165) is 50.7 Å². The summed E-state index contributed by atoms with van der Waals surface area (Å²) in [7, 11) is 0. The van der Waals surface area contributed by atoms with E-state index in [0.29, 0.717) is 5.92 Å². The molecule has 24 heavy (non-hydrogen) atoms. The number of morpholine rings is 1. The average Bonchev–Trinajstić information content (AvgIpc) is 2.62. The molecular weight excluding hydrogens is 300 g/mol. The van der Waals surface area contributed by atoms with Crippen LogP contribution in [0, 0.1) is 12.8 Å². The first kappa shape index (κ1) is 15.8. The highest BCUT2D eigenvalue weighted by Gasteiger charge is 2.24. The molecule has 1 aromatic carbocycles. The molecule has 2 saturated heterocycles. The molecule has 0 saturated carbocycles. The summed E-state index contributed by atoms with van der Waals surface area (Å²) in [5.74, 6) is 1.82. The third kappa shape index (κ3) is 3.37. The van der Waals surface area contributed by atoms with Crippen LogP contribution >= 0.6 is 0 Å². The van der Waals surface area contributed by atoms with Crippen molar-refractivity contribution in [2.45, 2.75) is 19.8 Å². The SMILES string of the molecule is Cc1ccc2ncnc(N3CCCC(CN4CCOCC4)C3)c2c1. The van der Waals surface area contributed by atoms with Gasteiger partial charge in [-0.15, -0.1) is 0 Å². The molecule has 2 aromatic rings. The second-order valence-electron chi connectivity index (χ2n) is 7.09. The quantitative estimate of drug-likeness (QED) is 0.867. The first-order chi connectivity index (χ1) is 11.8. The van der Waals surface area contributed by atoms with Crippen LogP contribution in [-0.2, 0) is 4.74 Å². The first-order valence-corrected chi connectivity index (χ1v) is 9.06. The van der Waals surface area contributed by atoms with Gasteiger partial charge in [0.15, 0.2) is 0 Å². The van der Waals surface area contributed by atoms with E-state index in [1.165, 1.54) is 30.3 Å². The zero-order valence-electron chi connectivity index (χ0n) is 14.4. The highest BCUT2D eigenvalue weighted by atomic mass is 16.5. The van der Waals surface area contributed by atoms with Crippen LogP contribution in [0.2, 0.25) is 0 Å². The van der Waals surface area contributed by atoms with Crippen molar-refractivity contribution >= 4 is 16.7 Å². The fraction of sp³-hybridized carbons (Fsp3) is 0.579. The number of ether oxygens (including phenoxy) is 1. The lowest BCUT2D eigenvalue weighted by Crippen LogP contribution is -2.44. The molecule has 3 heterocycles. The maximum absolute atomic E-state index is 5.47. The summed E-state index contributed by atoms with van der Waals surface area (Å²) in [4.78, 5) is 14.1. The summed E-state index contributed by atoms with van der Waals surface area (Å²) in [6.07, 6.45) is 4.26. The van der Waals surface area contributed by atoms with Gasteiger partial charge < -0.3 is 9.64 Å². The summed E-state index contributed by atoms with van der Waals surface area (Å²) >= 11 is 0. The fourth-order valence-corrected chi connectivity index (χ4v) is 3.96. The number of piperidine rings is 1. The monoisotopic (exact) mass is 326 g/mol. The second-order valence-corrected chi connectivity index (χ2v) is 7.09. The number of fused-ring (bicyclic) bond motifs is 1. The summed E-state index contributed by atoms with van der Waals surface area (Å²) in [5.41, 5.74) is 2.31. The van der Waals surface area contributed by atoms with Crippen molar-refractivity contribution in [1.29, 1.82) is 0 Å². The lowest BCUT2D eigenvalue weighted by molar-refractivity contribution is 0.0296. The molecule has 1 aromatic heterocycles. The number of aryl methyl sites for hydroxylation is 1. The number of anilines is 1. The second kappa shape index (κ2) is 7.03. The molecule has 2 aliphatic rings. The minimum atomic E-state index is 0.715. The molecule has 0 N–H and O–H groups in total. The maximum Gasteiger partial charge on any atom is 0.139 e. The van der Waals surface area contributed by atoms with Gasteiger partial charge in [0.05, 0.1) is 18.7 Å². The van der Waals surface area contributed by atoms with E-state index in [9.17, 15) is 0 Å². The molecule has 0 spiro atoms. The van der Waals surface area contributed by atoms with Crippen LogP contribution in [0.4, 0.5) is 5.82 Å². The fourth-order valence-electron chi connectivity index (χ4n) is 3.96. The first-order valence-electron chi connectivity index (χ1n) is 9.06. The number of nitrogens with zero attached hydrogens (tertiary/aromatic N) is 4. The van der Waals surface area contributed by atoms with Gasteiger partial charge in [-0.2, -0.15) is 0 Å². The lowest BCUT2D eigenvalue weighted by atomic mass is 9.97. The predicted octanol–water partition coefficient (Wildman–Crippen LogP) is 2.49. The van der Waals surface area contributed by atoms with Crippen molar-refractivity contribution in [3.63, 3.8) is 0 Å². The predicted molar refractivity (Wildman–Crippen MR) is 96.5 cm³/mol. The van der Waals surface area contributed by atoms with Crippen LogP contribution in [-0.4, -0.2) is 60.8 Å². The van der Waals surface area contributed by atoms with Crippen LogP contribution < -0.4 is 4.90 Å². The Labute approximate surface area is 143 Å². The average molecular weight is 326 g/mol. The number of benzene rings is 1. The Balaban J connectivity index is 1.52. The van der Waals surface area contributed by atoms with Gasteiger partial charge >= 0.3 is 0 Å².